The minimum absolute atomic E-state index is 0.0758. The van der Waals surface area contributed by atoms with Crippen LogP contribution in [0.15, 0.2) is 54.6 Å². The fourth-order valence-electron chi connectivity index (χ4n) is 3.72. The molecule has 27 heavy (non-hydrogen) atoms. The van der Waals surface area contributed by atoms with Crippen LogP contribution in [0.2, 0.25) is 0 Å². The number of nitrogens with one attached hydrogen (secondary N) is 1. The molecule has 1 aliphatic heterocycles. The number of rotatable bonds is 5. The zero-order valence-electron chi connectivity index (χ0n) is 15.8. The lowest BCUT2D eigenvalue weighted by Crippen LogP contribution is -2.23. The summed E-state index contributed by atoms with van der Waals surface area (Å²) in [6.07, 6.45) is 0. The highest BCUT2D eigenvalue weighted by molar-refractivity contribution is 5.98. The van der Waals surface area contributed by atoms with Gasteiger partial charge in [0.1, 0.15) is 11.4 Å². The van der Waals surface area contributed by atoms with Crippen LogP contribution in [0.5, 0.6) is 5.75 Å². The molecule has 1 aliphatic rings. The van der Waals surface area contributed by atoms with Crippen LogP contribution in [0.3, 0.4) is 0 Å². The number of ether oxygens (including phenoxy) is 1. The van der Waals surface area contributed by atoms with Crippen molar-refractivity contribution in [2.45, 2.75) is 32.4 Å². The topological polar surface area (TPSA) is 56.2 Å². The van der Waals surface area contributed by atoms with Crippen LogP contribution < -0.4 is 10.1 Å². The van der Waals surface area contributed by atoms with E-state index in [0.29, 0.717) is 12.2 Å². The fraction of sp³-hybridized carbons (Fsp3) is 0.273. The van der Waals surface area contributed by atoms with Crippen LogP contribution in [-0.2, 0) is 6.54 Å². The highest BCUT2D eigenvalue weighted by Crippen LogP contribution is 2.37. The maximum absolute atomic E-state index is 12.8. The number of hydrogen-bond acceptors (Lipinski definition) is 3. The smallest absolute Gasteiger partial charge is 0.270 e. The van der Waals surface area contributed by atoms with Gasteiger partial charge in [0.2, 0.25) is 0 Å². The van der Waals surface area contributed by atoms with Crippen molar-refractivity contribution in [3.8, 4) is 5.75 Å². The Kier molecular flexibility index (Phi) is 4.44. The summed E-state index contributed by atoms with van der Waals surface area (Å²) in [5.41, 5.74) is 4.68. The normalized spacial score (nSPS) is 15.7. The van der Waals surface area contributed by atoms with Crippen molar-refractivity contribution < 1.29 is 9.53 Å². The van der Waals surface area contributed by atoms with Crippen LogP contribution >= 0.6 is 0 Å². The third-order valence-electron chi connectivity index (χ3n) is 4.99. The lowest BCUT2D eigenvalue weighted by atomic mass is 9.95. The number of benzene rings is 2. The van der Waals surface area contributed by atoms with Crippen LogP contribution in [-0.4, -0.2) is 22.8 Å². The predicted octanol–water partition coefficient (Wildman–Crippen LogP) is 3.90. The molecular weight excluding hydrogens is 338 g/mol. The summed E-state index contributed by atoms with van der Waals surface area (Å²) in [7, 11) is 1.66. The van der Waals surface area contributed by atoms with Crippen LogP contribution in [0.25, 0.3) is 0 Å². The lowest BCUT2D eigenvalue weighted by Gasteiger charge is -2.14. The monoisotopic (exact) mass is 361 g/mol. The number of hydrogen-bond donors (Lipinski definition) is 1. The zero-order valence-corrected chi connectivity index (χ0v) is 15.8. The SMILES string of the molecule is COc1ccccc1Cn1nc(C(C)C)c2c1C(=O)NC2c1ccccc1. The van der Waals surface area contributed by atoms with Crippen LogP contribution in [0.4, 0.5) is 0 Å². The van der Waals surface area contributed by atoms with Gasteiger partial charge in [0.15, 0.2) is 0 Å². The van der Waals surface area contributed by atoms with Gasteiger partial charge in [-0.1, -0.05) is 62.4 Å². The van der Waals surface area contributed by atoms with Gasteiger partial charge in [-0.15, -0.1) is 0 Å². The average molecular weight is 361 g/mol. The first-order valence-corrected chi connectivity index (χ1v) is 9.18. The van der Waals surface area contributed by atoms with Gasteiger partial charge in [0, 0.05) is 11.1 Å². The second kappa shape index (κ2) is 6.91. The third-order valence-corrected chi connectivity index (χ3v) is 4.99. The van der Waals surface area contributed by atoms with Crippen molar-refractivity contribution >= 4 is 5.91 Å². The minimum atomic E-state index is -0.155. The fourth-order valence-corrected chi connectivity index (χ4v) is 3.72. The molecule has 4 rings (SSSR count). The van der Waals surface area contributed by atoms with Crippen molar-refractivity contribution in [1.82, 2.24) is 15.1 Å². The Hall–Kier alpha value is -3.08. The molecule has 0 spiro atoms. The summed E-state index contributed by atoms with van der Waals surface area (Å²) in [6.45, 7) is 4.72. The van der Waals surface area contributed by atoms with E-state index in [1.807, 2.05) is 59.3 Å². The molecule has 1 unspecified atom stereocenters. The highest BCUT2D eigenvalue weighted by Gasteiger charge is 2.38. The number of methoxy groups -OCH3 is 1. The van der Waals surface area contributed by atoms with Crippen molar-refractivity contribution in [2.75, 3.05) is 7.11 Å². The van der Waals surface area contributed by atoms with Gasteiger partial charge in [0.25, 0.3) is 5.91 Å². The molecule has 0 radical (unpaired) electrons. The van der Waals surface area contributed by atoms with E-state index in [9.17, 15) is 4.79 Å². The molecule has 0 fully saturated rings. The lowest BCUT2D eigenvalue weighted by molar-refractivity contribution is 0.0950. The van der Waals surface area contributed by atoms with Gasteiger partial charge in [-0.25, -0.2) is 0 Å². The number of amides is 1. The van der Waals surface area contributed by atoms with Crippen molar-refractivity contribution in [3.05, 3.63) is 82.7 Å². The molecule has 1 aromatic heterocycles. The Bertz CT molecular complexity index is 976. The summed E-state index contributed by atoms with van der Waals surface area (Å²) < 4.78 is 7.29. The molecule has 0 bridgehead atoms. The standard InChI is InChI=1S/C22H23N3O2/c1-14(2)19-18-20(15-9-5-4-6-10-15)23-22(26)21(18)25(24-19)13-16-11-7-8-12-17(16)27-3/h4-12,14,20H,13H2,1-3H3,(H,23,26). The van der Waals surface area contributed by atoms with Crippen LogP contribution in [0, 0.1) is 0 Å². The zero-order chi connectivity index (χ0) is 19.0. The Morgan fingerprint density at radius 3 is 2.52 bits per heavy atom. The first-order valence-electron chi connectivity index (χ1n) is 9.18. The molecule has 2 heterocycles. The second-order valence-electron chi connectivity index (χ2n) is 7.09. The van der Waals surface area contributed by atoms with E-state index in [1.54, 1.807) is 7.11 Å². The number of carbonyl (C=O) groups excluding carboxylic acids is 1. The first-order chi connectivity index (χ1) is 13.1. The summed E-state index contributed by atoms with van der Waals surface area (Å²) in [4.78, 5) is 12.8. The number of para-hydroxylation sites is 1. The predicted molar refractivity (Wildman–Crippen MR) is 104 cm³/mol. The van der Waals surface area contributed by atoms with E-state index in [-0.39, 0.29) is 17.9 Å². The minimum Gasteiger partial charge on any atom is -0.496 e. The summed E-state index contributed by atoms with van der Waals surface area (Å²) in [5.74, 6) is 0.940. The van der Waals surface area contributed by atoms with Gasteiger partial charge in [0.05, 0.1) is 25.4 Å². The summed E-state index contributed by atoms with van der Waals surface area (Å²) in [6, 6.07) is 17.7. The van der Waals surface area contributed by atoms with Crippen LogP contribution in [0.1, 0.15) is 58.7 Å². The van der Waals surface area contributed by atoms with E-state index < -0.39 is 0 Å². The molecule has 1 N–H and O–H groups in total. The Labute approximate surface area is 159 Å². The number of fused-ring (bicyclic) bond motifs is 1. The molecule has 0 aliphatic carbocycles. The van der Waals surface area contributed by atoms with Gasteiger partial charge in [-0.2, -0.15) is 5.10 Å². The maximum Gasteiger partial charge on any atom is 0.270 e. The quantitative estimate of drug-likeness (QED) is 0.750. The largest absolute Gasteiger partial charge is 0.496 e. The second-order valence-corrected chi connectivity index (χ2v) is 7.09. The van der Waals surface area contributed by atoms with E-state index in [0.717, 1.165) is 28.1 Å². The number of carbonyl (C=O) groups is 1. The molecule has 3 aromatic rings. The van der Waals surface area contributed by atoms with Gasteiger partial charge < -0.3 is 10.1 Å². The Morgan fingerprint density at radius 1 is 1.11 bits per heavy atom. The van der Waals surface area contributed by atoms with Crippen molar-refractivity contribution in [3.63, 3.8) is 0 Å². The third kappa shape index (κ3) is 2.99. The molecule has 0 saturated heterocycles. The molecular formula is C22H23N3O2. The molecule has 0 saturated carbocycles. The summed E-state index contributed by atoms with van der Waals surface area (Å²) >= 11 is 0. The molecule has 1 atom stereocenters. The molecule has 138 valence electrons. The van der Waals surface area contributed by atoms with Crippen molar-refractivity contribution in [1.29, 1.82) is 0 Å². The molecule has 2 aromatic carbocycles. The summed E-state index contributed by atoms with van der Waals surface area (Å²) in [5, 5.41) is 7.96. The Morgan fingerprint density at radius 2 is 1.81 bits per heavy atom. The number of aromatic nitrogens is 2. The average Bonchev–Trinajstić information content (AvgIpc) is 3.22. The van der Waals surface area contributed by atoms with Crippen molar-refractivity contribution in [2.24, 2.45) is 0 Å². The Balaban J connectivity index is 1.82. The van der Waals surface area contributed by atoms with Gasteiger partial charge in [-0.05, 0) is 17.5 Å². The number of nitrogens with zero attached hydrogens (tertiary/aromatic N) is 2. The molecule has 5 nitrogen and oxygen atoms in total. The van der Waals surface area contributed by atoms with E-state index in [4.69, 9.17) is 9.84 Å². The van der Waals surface area contributed by atoms with E-state index >= 15 is 0 Å². The van der Waals surface area contributed by atoms with Gasteiger partial charge in [-0.3, -0.25) is 9.48 Å². The van der Waals surface area contributed by atoms with E-state index in [1.165, 1.54) is 0 Å². The van der Waals surface area contributed by atoms with Gasteiger partial charge >= 0.3 is 0 Å². The molecule has 5 heteroatoms. The first kappa shape index (κ1) is 17.3. The maximum atomic E-state index is 12.8. The van der Waals surface area contributed by atoms with E-state index in [2.05, 4.69) is 19.2 Å². The highest BCUT2D eigenvalue weighted by atomic mass is 16.5. The molecule has 1 amide bonds.